The summed E-state index contributed by atoms with van der Waals surface area (Å²) < 4.78 is 0. The fraction of sp³-hybridized carbons (Fsp3) is 0.438. The van der Waals surface area contributed by atoms with Gasteiger partial charge in [-0.15, -0.1) is 0 Å². The highest BCUT2D eigenvalue weighted by atomic mass is 14.9. The first kappa shape index (κ1) is 13.0. The number of benzene rings is 1. The Kier molecular flexibility index (Phi) is 4.32. The van der Waals surface area contributed by atoms with Crippen LogP contribution in [0.15, 0.2) is 36.5 Å². The molecule has 0 spiro atoms. The molecule has 2 nitrogen and oxygen atoms in total. The summed E-state index contributed by atoms with van der Waals surface area (Å²) in [6, 6.07) is 11.2. The van der Waals surface area contributed by atoms with Gasteiger partial charge in [0, 0.05) is 17.6 Å². The second kappa shape index (κ2) is 5.96. The zero-order valence-electron chi connectivity index (χ0n) is 11.5. The fourth-order valence-electron chi connectivity index (χ4n) is 2.65. The van der Waals surface area contributed by atoms with Crippen LogP contribution < -0.4 is 5.32 Å². The van der Waals surface area contributed by atoms with E-state index in [9.17, 15) is 0 Å². The van der Waals surface area contributed by atoms with Crippen LogP contribution in [0.5, 0.6) is 0 Å². The van der Waals surface area contributed by atoms with Crippen LogP contribution in [0.3, 0.4) is 0 Å². The lowest BCUT2D eigenvalue weighted by Crippen LogP contribution is -2.26. The standard InChI is InChI=1S/C16H22N2/c1-4-17-13(3)11-12(2)14-7-5-9-16-15(14)8-6-10-18-16/h5-10,12-13,17H,4,11H2,1-3H3. The molecule has 18 heavy (non-hydrogen) atoms. The fourth-order valence-corrected chi connectivity index (χ4v) is 2.65. The van der Waals surface area contributed by atoms with E-state index in [1.807, 2.05) is 12.3 Å². The minimum absolute atomic E-state index is 0.548. The van der Waals surface area contributed by atoms with Crippen LogP contribution in [0.4, 0.5) is 0 Å². The Balaban J connectivity index is 2.24. The molecule has 2 atom stereocenters. The van der Waals surface area contributed by atoms with Crippen LogP contribution in [0.1, 0.15) is 38.7 Å². The van der Waals surface area contributed by atoms with E-state index in [0.717, 1.165) is 18.5 Å². The third-order valence-electron chi connectivity index (χ3n) is 3.47. The van der Waals surface area contributed by atoms with E-state index in [1.54, 1.807) is 0 Å². The van der Waals surface area contributed by atoms with Crippen LogP contribution in [0.25, 0.3) is 10.9 Å². The summed E-state index contributed by atoms with van der Waals surface area (Å²) >= 11 is 0. The number of nitrogens with one attached hydrogen (secondary N) is 1. The normalized spacial score (nSPS) is 14.6. The van der Waals surface area contributed by atoms with E-state index in [4.69, 9.17) is 0 Å². The van der Waals surface area contributed by atoms with Crippen molar-refractivity contribution in [2.45, 2.75) is 39.2 Å². The Morgan fingerprint density at radius 1 is 1.17 bits per heavy atom. The summed E-state index contributed by atoms with van der Waals surface area (Å²) in [5.74, 6) is 0.548. The van der Waals surface area contributed by atoms with Gasteiger partial charge in [0.2, 0.25) is 0 Å². The molecule has 0 aliphatic rings. The predicted octanol–water partition coefficient (Wildman–Crippen LogP) is 3.73. The number of nitrogens with zero attached hydrogens (tertiary/aromatic N) is 1. The minimum Gasteiger partial charge on any atom is -0.315 e. The lowest BCUT2D eigenvalue weighted by atomic mass is 9.91. The minimum atomic E-state index is 0.548. The Bertz CT molecular complexity index is 502. The van der Waals surface area contributed by atoms with Gasteiger partial charge in [0.1, 0.15) is 0 Å². The Morgan fingerprint density at radius 2 is 2.00 bits per heavy atom. The van der Waals surface area contributed by atoms with Crippen LogP contribution in [0, 0.1) is 0 Å². The summed E-state index contributed by atoms with van der Waals surface area (Å²) in [7, 11) is 0. The van der Waals surface area contributed by atoms with Crippen LogP contribution in [-0.4, -0.2) is 17.6 Å². The van der Waals surface area contributed by atoms with Crippen molar-refractivity contribution in [3.8, 4) is 0 Å². The second-order valence-corrected chi connectivity index (χ2v) is 5.01. The van der Waals surface area contributed by atoms with E-state index in [1.165, 1.54) is 10.9 Å². The zero-order chi connectivity index (χ0) is 13.0. The van der Waals surface area contributed by atoms with Gasteiger partial charge >= 0.3 is 0 Å². The molecule has 1 aromatic carbocycles. The van der Waals surface area contributed by atoms with E-state index < -0.39 is 0 Å². The lowest BCUT2D eigenvalue weighted by molar-refractivity contribution is 0.492. The predicted molar refractivity (Wildman–Crippen MR) is 77.9 cm³/mol. The third-order valence-corrected chi connectivity index (χ3v) is 3.47. The molecule has 0 saturated carbocycles. The van der Waals surface area contributed by atoms with Gasteiger partial charge in [0.05, 0.1) is 5.52 Å². The van der Waals surface area contributed by atoms with Crippen molar-refractivity contribution in [1.82, 2.24) is 10.3 Å². The van der Waals surface area contributed by atoms with Crippen LogP contribution in [-0.2, 0) is 0 Å². The van der Waals surface area contributed by atoms with Crippen LogP contribution in [0.2, 0.25) is 0 Å². The molecule has 0 aliphatic heterocycles. The van der Waals surface area contributed by atoms with Gasteiger partial charge in [-0.3, -0.25) is 4.98 Å². The largest absolute Gasteiger partial charge is 0.315 e. The highest BCUT2D eigenvalue weighted by molar-refractivity contribution is 5.82. The van der Waals surface area contributed by atoms with Gasteiger partial charge < -0.3 is 5.32 Å². The second-order valence-electron chi connectivity index (χ2n) is 5.01. The number of hydrogen-bond acceptors (Lipinski definition) is 2. The molecular weight excluding hydrogens is 220 g/mol. The van der Waals surface area contributed by atoms with Gasteiger partial charge in [-0.05, 0) is 43.5 Å². The average molecular weight is 242 g/mol. The first-order valence-electron chi connectivity index (χ1n) is 6.79. The van der Waals surface area contributed by atoms with Gasteiger partial charge in [-0.1, -0.05) is 32.0 Å². The van der Waals surface area contributed by atoms with E-state index in [0.29, 0.717) is 12.0 Å². The molecule has 0 bridgehead atoms. The van der Waals surface area contributed by atoms with E-state index >= 15 is 0 Å². The molecule has 2 unspecified atom stereocenters. The maximum absolute atomic E-state index is 4.42. The Morgan fingerprint density at radius 3 is 2.78 bits per heavy atom. The van der Waals surface area contributed by atoms with Crippen molar-refractivity contribution in [3.05, 3.63) is 42.1 Å². The van der Waals surface area contributed by atoms with Crippen molar-refractivity contribution in [3.63, 3.8) is 0 Å². The number of rotatable bonds is 5. The molecule has 1 heterocycles. The molecule has 1 aromatic heterocycles. The maximum atomic E-state index is 4.42. The highest BCUT2D eigenvalue weighted by Crippen LogP contribution is 2.27. The number of hydrogen-bond donors (Lipinski definition) is 1. The van der Waals surface area contributed by atoms with Crippen LogP contribution >= 0.6 is 0 Å². The van der Waals surface area contributed by atoms with Gasteiger partial charge in [0.25, 0.3) is 0 Å². The average Bonchev–Trinajstić information content (AvgIpc) is 2.38. The van der Waals surface area contributed by atoms with E-state index in [-0.39, 0.29) is 0 Å². The van der Waals surface area contributed by atoms with Gasteiger partial charge in [-0.25, -0.2) is 0 Å². The smallest absolute Gasteiger partial charge is 0.0704 e. The van der Waals surface area contributed by atoms with Crippen molar-refractivity contribution >= 4 is 10.9 Å². The van der Waals surface area contributed by atoms with Crippen molar-refractivity contribution in [2.75, 3.05) is 6.54 Å². The SMILES string of the molecule is CCNC(C)CC(C)c1cccc2ncccc12. The molecule has 2 aromatic rings. The molecule has 96 valence electrons. The third kappa shape index (κ3) is 2.88. The Hall–Kier alpha value is -1.41. The molecule has 1 N–H and O–H groups in total. The topological polar surface area (TPSA) is 24.9 Å². The number of aromatic nitrogens is 1. The summed E-state index contributed by atoms with van der Waals surface area (Å²) in [6.07, 6.45) is 3.01. The first-order chi connectivity index (χ1) is 8.72. The monoisotopic (exact) mass is 242 g/mol. The Labute approximate surface area is 109 Å². The lowest BCUT2D eigenvalue weighted by Gasteiger charge is -2.19. The highest BCUT2D eigenvalue weighted by Gasteiger charge is 2.12. The molecule has 2 rings (SSSR count). The summed E-state index contributed by atoms with van der Waals surface area (Å²) in [4.78, 5) is 4.42. The van der Waals surface area contributed by atoms with Crippen molar-refractivity contribution in [2.24, 2.45) is 0 Å². The van der Waals surface area contributed by atoms with Gasteiger partial charge in [-0.2, -0.15) is 0 Å². The molecule has 2 heteroatoms. The first-order valence-corrected chi connectivity index (χ1v) is 6.79. The van der Waals surface area contributed by atoms with E-state index in [2.05, 4.69) is 55.3 Å². The number of fused-ring (bicyclic) bond motifs is 1. The molecular formula is C16H22N2. The molecule has 0 aliphatic carbocycles. The summed E-state index contributed by atoms with van der Waals surface area (Å²) in [5, 5.41) is 4.77. The summed E-state index contributed by atoms with van der Waals surface area (Å²) in [5.41, 5.74) is 2.50. The van der Waals surface area contributed by atoms with Crippen molar-refractivity contribution in [1.29, 1.82) is 0 Å². The zero-order valence-corrected chi connectivity index (χ0v) is 11.5. The number of pyridine rings is 1. The summed E-state index contributed by atoms with van der Waals surface area (Å²) in [6.45, 7) is 7.74. The molecule has 0 amide bonds. The maximum Gasteiger partial charge on any atom is 0.0704 e. The molecule has 0 fully saturated rings. The quantitative estimate of drug-likeness (QED) is 0.864. The van der Waals surface area contributed by atoms with Crippen molar-refractivity contribution < 1.29 is 0 Å². The molecule has 0 saturated heterocycles. The molecule has 0 radical (unpaired) electrons. The van der Waals surface area contributed by atoms with Gasteiger partial charge in [0.15, 0.2) is 0 Å².